The third-order valence-electron chi connectivity index (χ3n) is 3.48. The molecule has 2 aromatic rings. The molecule has 0 radical (unpaired) electrons. The zero-order valence-electron chi connectivity index (χ0n) is 11.2. The van der Waals surface area contributed by atoms with E-state index in [0.717, 1.165) is 35.5 Å². The quantitative estimate of drug-likeness (QED) is 0.839. The average molecular weight is 255 g/mol. The highest BCUT2D eigenvalue weighted by molar-refractivity contribution is 5.42. The van der Waals surface area contributed by atoms with Gasteiger partial charge in [0.25, 0.3) is 5.56 Å². The number of ether oxygens (including phenoxy) is 1. The Balaban J connectivity index is 1.95. The molecule has 1 aromatic carbocycles. The lowest BCUT2D eigenvalue weighted by Crippen LogP contribution is -2.16. The number of hydrogen-bond donors (Lipinski definition) is 0. The fraction of sp³-hybridized carbons (Fsp3) is 0.312. The Morgan fingerprint density at radius 3 is 2.42 bits per heavy atom. The van der Waals surface area contributed by atoms with Crippen LogP contribution >= 0.6 is 0 Å². The first-order valence-electron chi connectivity index (χ1n) is 6.61. The van der Waals surface area contributed by atoms with Gasteiger partial charge < -0.3 is 9.30 Å². The number of hydrogen-bond acceptors (Lipinski definition) is 2. The molecule has 1 fully saturated rings. The minimum absolute atomic E-state index is 0.0522. The summed E-state index contributed by atoms with van der Waals surface area (Å²) in [4.78, 5) is 11.7. The standard InChI is InChI=1S/C16H17NO2/c1-11-4-3-5-12(2)16(11)19-14-8-9-15(18)17(10-14)13-6-7-13/h3-5,8-10,13H,6-7H2,1-2H3. The lowest BCUT2D eigenvalue weighted by atomic mass is 10.1. The molecule has 1 aromatic heterocycles. The Bertz CT molecular complexity index is 648. The second-order valence-corrected chi connectivity index (χ2v) is 5.16. The van der Waals surface area contributed by atoms with Crippen LogP contribution < -0.4 is 10.3 Å². The van der Waals surface area contributed by atoms with Crippen molar-refractivity contribution in [2.45, 2.75) is 32.7 Å². The van der Waals surface area contributed by atoms with Crippen LogP contribution in [0.4, 0.5) is 0 Å². The molecule has 98 valence electrons. The van der Waals surface area contributed by atoms with Crippen LogP contribution in [0.15, 0.2) is 41.3 Å². The zero-order valence-corrected chi connectivity index (χ0v) is 11.2. The lowest BCUT2D eigenvalue weighted by molar-refractivity contribution is 0.465. The van der Waals surface area contributed by atoms with Gasteiger partial charge in [0.2, 0.25) is 0 Å². The molecule has 3 heteroatoms. The molecule has 1 saturated carbocycles. The van der Waals surface area contributed by atoms with Crippen molar-refractivity contribution >= 4 is 0 Å². The Hall–Kier alpha value is -2.03. The third-order valence-corrected chi connectivity index (χ3v) is 3.48. The van der Waals surface area contributed by atoms with Gasteiger partial charge in [-0.15, -0.1) is 0 Å². The molecule has 0 spiro atoms. The van der Waals surface area contributed by atoms with Crippen molar-refractivity contribution in [1.29, 1.82) is 0 Å². The summed E-state index contributed by atoms with van der Waals surface area (Å²) < 4.78 is 7.73. The molecular formula is C16H17NO2. The number of aryl methyl sites for hydroxylation is 2. The van der Waals surface area contributed by atoms with Crippen molar-refractivity contribution < 1.29 is 4.74 Å². The second-order valence-electron chi connectivity index (χ2n) is 5.16. The zero-order chi connectivity index (χ0) is 13.4. The minimum Gasteiger partial charge on any atom is -0.455 e. The molecule has 0 unspecified atom stereocenters. The fourth-order valence-electron chi connectivity index (χ4n) is 2.26. The maximum absolute atomic E-state index is 11.7. The Labute approximate surface area is 112 Å². The van der Waals surface area contributed by atoms with Gasteiger partial charge in [-0.25, -0.2) is 0 Å². The van der Waals surface area contributed by atoms with Crippen molar-refractivity contribution in [3.05, 3.63) is 58.0 Å². The predicted octanol–water partition coefficient (Wildman–Crippen LogP) is 3.59. The smallest absolute Gasteiger partial charge is 0.251 e. The van der Waals surface area contributed by atoms with Gasteiger partial charge in [-0.05, 0) is 43.9 Å². The Kier molecular flexibility index (Phi) is 2.90. The van der Waals surface area contributed by atoms with E-state index in [0.29, 0.717) is 6.04 Å². The number of para-hydroxylation sites is 1. The summed E-state index contributed by atoms with van der Waals surface area (Å²) in [5.74, 6) is 1.60. The van der Waals surface area contributed by atoms with Gasteiger partial charge in [0, 0.05) is 12.1 Å². The van der Waals surface area contributed by atoms with Crippen molar-refractivity contribution in [2.75, 3.05) is 0 Å². The van der Waals surface area contributed by atoms with Crippen molar-refractivity contribution in [3.63, 3.8) is 0 Å². The lowest BCUT2D eigenvalue weighted by Gasteiger charge is -2.12. The average Bonchev–Trinajstić information content (AvgIpc) is 3.20. The van der Waals surface area contributed by atoms with Crippen LogP contribution in [0.5, 0.6) is 11.5 Å². The Morgan fingerprint density at radius 2 is 1.79 bits per heavy atom. The highest BCUT2D eigenvalue weighted by atomic mass is 16.5. The van der Waals surface area contributed by atoms with Gasteiger partial charge in [0.1, 0.15) is 11.5 Å². The molecule has 1 heterocycles. The summed E-state index contributed by atoms with van der Waals surface area (Å²) in [5.41, 5.74) is 2.25. The van der Waals surface area contributed by atoms with E-state index in [-0.39, 0.29) is 5.56 Å². The second kappa shape index (κ2) is 4.57. The molecule has 0 N–H and O–H groups in total. The van der Waals surface area contributed by atoms with Gasteiger partial charge >= 0.3 is 0 Å². The topological polar surface area (TPSA) is 31.2 Å². The van der Waals surface area contributed by atoms with E-state index in [9.17, 15) is 4.79 Å². The van der Waals surface area contributed by atoms with Crippen molar-refractivity contribution in [2.24, 2.45) is 0 Å². The third kappa shape index (κ3) is 2.41. The summed E-state index contributed by atoms with van der Waals surface area (Å²) in [6, 6.07) is 9.77. The van der Waals surface area contributed by atoms with Gasteiger partial charge in [0.05, 0.1) is 6.20 Å². The maximum atomic E-state index is 11.7. The molecule has 0 bridgehead atoms. The van der Waals surface area contributed by atoms with Crippen LogP contribution in [0.25, 0.3) is 0 Å². The normalized spacial score (nSPS) is 14.4. The summed E-state index contributed by atoms with van der Waals surface area (Å²) in [5, 5.41) is 0. The van der Waals surface area contributed by atoms with Gasteiger partial charge in [-0.3, -0.25) is 4.79 Å². The van der Waals surface area contributed by atoms with E-state index in [1.807, 2.05) is 38.2 Å². The molecule has 1 aliphatic rings. The van der Waals surface area contributed by atoms with E-state index in [2.05, 4.69) is 0 Å². The number of benzene rings is 1. The highest BCUT2D eigenvalue weighted by Crippen LogP contribution is 2.35. The van der Waals surface area contributed by atoms with E-state index < -0.39 is 0 Å². The summed E-state index contributed by atoms with van der Waals surface area (Å²) >= 11 is 0. The number of nitrogens with zero attached hydrogens (tertiary/aromatic N) is 1. The number of rotatable bonds is 3. The monoisotopic (exact) mass is 255 g/mol. The first-order valence-corrected chi connectivity index (χ1v) is 6.61. The molecule has 0 atom stereocenters. The molecule has 1 aliphatic carbocycles. The summed E-state index contributed by atoms with van der Waals surface area (Å²) in [6.45, 7) is 4.05. The molecule has 3 rings (SSSR count). The van der Waals surface area contributed by atoms with E-state index in [1.165, 1.54) is 0 Å². The van der Waals surface area contributed by atoms with E-state index in [1.54, 1.807) is 16.7 Å². The van der Waals surface area contributed by atoms with Crippen molar-refractivity contribution in [3.8, 4) is 11.5 Å². The largest absolute Gasteiger partial charge is 0.455 e. The SMILES string of the molecule is Cc1cccc(C)c1Oc1ccc(=O)n(C2CC2)c1. The van der Waals surface area contributed by atoms with Crippen LogP contribution in [0.2, 0.25) is 0 Å². The molecule has 0 aliphatic heterocycles. The van der Waals surface area contributed by atoms with E-state index >= 15 is 0 Å². The molecule has 3 nitrogen and oxygen atoms in total. The maximum Gasteiger partial charge on any atom is 0.251 e. The Morgan fingerprint density at radius 1 is 1.11 bits per heavy atom. The number of pyridine rings is 1. The summed E-state index contributed by atoms with van der Waals surface area (Å²) in [6.07, 6.45) is 4.01. The van der Waals surface area contributed by atoms with Gasteiger partial charge in [-0.1, -0.05) is 18.2 Å². The molecule has 0 amide bonds. The molecule has 19 heavy (non-hydrogen) atoms. The van der Waals surface area contributed by atoms with Crippen LogP contribution in [0.1, 0.15) is 30.0 Å². The first-order chi connectivity index (χ1) is 9.15. The fourth-order valence-corrected chi connectivity index (χ4v) is 2.26. The van der Waals surface area contributed by atoms with Crippen LogP contribution in [0, 0.1) is 13.8 Å². The van der Waals surface area contributed by atoms with Crippen LogP contribution in [-0.4, -0.2) is 4.57 Å². The van der Waals surface area contributed by atoms with Crippen LogP contribution in [0.3, 0.4) is 0 Å². The van der Waals surface area contributed by atoms with E-state index in [4.69, 9.17) is 4.74 Å². The number of aromatic nitrogens is 1. The minimum atomic E-state index is 0.0522. The summed E-state index contributed by atoms with van der Waals surface area (Å²) in [7, 11) is 0. The molecular weight excluding hydrogens is 238 g/mol. The predicted molar refractivity (Wildman–Crippen MR) is 75.0 cm³/mol. The molecule has 0 saturated heterocycles. The van der Waals surface area contributed by atoms with Gasteiger partial charge in [0.15, 0.2) is 0 Å². The van der Waals surface area contributed by atoms with Crippen molar-refractivity contribution in [1.82, 2.24) is 4.57 Å². The first kappa shape index (κ1) is 12.0. The van der Waals surface area contributed by atoms with Gasteiger partial charge in [-0.2, -0.15) is 0 Å². The highest BCUT2D eigenvalue weighted by Gasteiger charge is 2.24. The van der Waals surface area contributed by atoms with Crippen LogP contribution in [-0.2, 0) is 0 Å².